The lowest BCUT2D eigenvalue weighted by Gasteiger charge is -2.37. The van der Waals surface area contributed by atoms with Gasteiger partial charge in [0.1, 0.15) is 11.9 Å². The summed E-state index contributed by atoms with van der Waals surface area (Å²) in [5.74, 6) is 1.04. The van der Waals surface area contributed by atoms with Crippen LogP contribution in [0.2, 0.25) is 0 Å². The number of hydrogen-bond donors (Lipinski definition) is 1. The van der Waals surface area contributed by atoms with Crippen molar-refractivity contribution in [1.82, 2.24) is 9.88 Å². The van der Waals surface area contributed by atoms with Crippen molar-refractivity contribution >= 4 is 38.8 Å². The average molecular weight is 489 g/mol. The monoisotopic (exact) mass is 488 g/mol. The normalized spacial score (nSPS) is 24.2. The zero-order chi connectivity index (χ0) is 21.8. The standard InChI is InChI=1S/C23H29BrN4O3/c1-3-29-11-9-18-19(12-25)31-20-13-26-23(22(24)21(18)20)27-15-4-6-16(7-5-15)28(2)17-8-10-30-14-17/h9,11,13,15-17H,3-8,10,14H2,1-2H3,(H,26,27)/b11-9+/t15?,16?,17-/m0/s1. The lowest BCUT2D eigenvalue weighted by molar-refractivity contribution is 0.111. The molecule has 0 bridgehead atoms. The third-order valence-electron chi connectivity index (χ3n) is 6.40. The van der Waals surface area contributed by atoms with E-state index in [1.54, 1.807) is 18.5 Å². The summed E-state index contributed by atoms with van der Waals surface area (Å²) in [5, 5.41) is 13.9. The number of nitrogens with zero attached hydrogens (tertiary/aromatic N) is 3. The quantitative estimate of drug-likeness (QED) is 0.553. The van der Waals surface area contributed by atoms with E-state index >= 15 is 0 Å². The number of nitrogens with one attached hydrogen (secondary N) is 1. The van der Waals surface area contributed by atoms with Crippen LogP contribution in [0.5, 0.6) is 0 Å². The summed E-state index contributed by atoms with van der Waals surface area (Å²) in [6, 6.07) is 3.67. The van der Waals surface area contributed by atoms with Gasteiger partial charge in [-0.2, -0.15) is 5.26 Å². The van der Waals surface area contributed by atoms with E-state index in [0.717, 1.165) is 61.0 Å². The van der Waals surface area contributed by atoms with E-state index < -0.39 is 0 Å². The number of hydrogen-bond acceptors (Lipinski definition) is 7. The Hall–Kier alpha value is -2.08. The number of likely N-dealkylation sites (N-methyl/N-ethyl adjacent to an activating group) is 1. The number of furan rings is 1. The highest BCUT2D eigenvalue weighted by Crippen LogP contribution is 2.37. The van der Waals surface area contributed by atoms with Gasteiger partial charge in [0.05, 0.1) is 30.1 Å². The van der Waals surface area contributed by atoms with Crippen LogP contribution in [0.15, 0.2) is 21.3 Å². The first-order chi connectivity index (χ1) is 15.1. The topological polar surface area (TPSA) is 83.5 Å². The van der Waals surface area contributed by atoms with Crippen molar-refractivity contribution in [2.75, 3.05) is 32.2 Å². The van der Waals surface area contributed by atoms with Crippen LogP contribution >= 0.6 is 15.9 Å². The zero-order valence-corrected chi connectivity index (χ0v) is 19.7. The van der Waals surface area contributed by atoms with Gasteiger partial charge in [-0.25, -0.2) is 4.98 Å². The molecule has 2 aromatic heterocycles. The van der Waals surface area contributed by atoms with E-state index in [1.165, 1.54) is 0 Å². The maximum Gasteiger partial charge on any atom is 0.212 e. The molecule has 7 nitrogen and oxygen atoms in total. The number of rotatable bonds is 7. The van der Waals surface area contributed by atoms with Gasteiger partial charge in [0.25, 0.3) is 0 Å². The van der Waals surface area contributed by atoms with E-state index in [9.17, 15) is 5.26 Å². The molecule has 3 heterocycles. The lowest BCUT2D eigenvalue weighted by atomic mass is 9.89. The minimum Gasteiger partial charge on any atom is -0.501 e. The van der Waals surface area contributed by atoms with Crippen molar-refractivity contribution in [2.45, 2.75) is 57.2 Å². The van der Waals surface area contributed by atoms with Gasteiger partial charge >= 0.3 is 0 Å². The van der Waals surface area contributed by atoms with Crippen LogP contribution < -0.4 is 5.32 Å². The molecule has 0 radical (unpaired) electrons. The highest BCUT2D eigenvalue weighted by atomic mass is 79.9. The van der Waals surface area contributed by atoms with Crippen LogP contribution in [0.1, 0.15) is 50.4 Å². The minimum atomic E-state index is 0.255. The molecule has 8 heteroatoms. The van der Waals surface area contributed by atoms with Crippen molar-refractivity contribution in [1.29, 1.82) is 5.26 Å². The fourth-order valence-corrected chi connectivity index (χ4v) is 5.22. The van der Waals surface area contributed by atoms with Gasteiger partial charge in [0.15, 0.2) is 5.58 Å². The first-order valence-electron chi connectivity index (χ1n) is 11.0. The minimum absolute atomic E-state index is 0.255. The maximum atomic E-state index is 9.46. The molecular formula is C23H29BrN4O3. The van der Waals surface area contributed by atoms with Gasteiger partial charge in [-0.3, -0.25) is 4.90 Å². The molecule has 0 unspecified atom stereocenters. The van der Waals surface area contributed by atoms with Gasteiger partial charge in [-0.1, -0.05) is 0 Å². The average Bonchev–Trinajstić information content (AvgIpc) is 3.44. The van der Waals surface area contributed by atoms with Gasteiger partial charge in [-0.05, 0) is 68.1 Å². The second kappa shape index (κ2) is 10.0. The molecule has 1 N–H and O–H groups in total. The first-order valence-corrected chi connectivity index (χ1v) is 11.8. The molecular weight excluding hydrogens is 460 g/mol. The van der Waals surface area contributed by atoms with E-state index in [2.05, 4.69) is 44.2 Å². The Morgan fingerprint density at radius 1 is 1.32 bits per heavy atom. The largest absolute Gasteiger partial charge is 0.501 e. The molecule has 4 rings (SSSR count). The Morgan fingerprint density at radius 3 is 2.81 bits per heavy atom. The van der Waals surface area contributed by atoms with E-state index in [-0.39, 0.29) is 5.76 Å². The van der Waals surface area contributed by atoms with Crippen LogP contribution in [0, 0.1) is 11.3 Å². The third-order valence-corrected chi connectivity index (χ3v) is 7.18. The SMILES string of the molecule is CCO/C=C/c1c(C#N)oc2cnc(NC3CCC(N(C)[C@H]4CCOC4)CC3)c(Br)c12. The van der Waals surface area contributed by atoms with Crippen LogP contribution in [0.3, 0.4) is 0 Å². The second-order valence-corrected chi connectivity index (χ2v) is 9.00. The Balaban J connectivity index is 1.47. The van der Waals surface area contributed by atoms with Gasteiger partial charge in [0, 0.05) is 35.7 Å². The molecule has 2 fully saturated rings. The zero-order valence-electron chi connectivity index (χ0n) is 18.1. The molecule has 166 valence electrons. The van der Waals surface area contributed by atoms with Crippen LogP contribution in [-0.2, 0) is 9.47 Å². The maximum absolute atomic E-state index is 9.46. The van der Waals surface area contributed by atoms with Gasteiger partial charge in [-0.15, -0.1) is 0 Å². The second-order valence-electron chi connectivity index (χ2n) is 8.21. The van der Waals surface area contributed by atoms with Crippen LogP contribution in [-0.4, -0.2) is 54.9 Å². The number of aromatic nitrogens is 1. The summed E-state index contributed by atoms with van der Waals surface area (Å²) in [6.45, 7) is 4.23. The van der Waals surface area contributed by atoms with Crippen molar-refractivity contribution in [3.8, 4) is 6.07 Å². The summed E-state index contributed by atoms with van der Waals surface area (Å²) in [4.78, 5) is 7.08. The van der Waals surface area contributed by atoms with Gasteiger partial charge < -0.3 is 19.2 Å². The molecule has 2 aliphatic rings. The molecule has 1 aliphatic carbocycles. The van der Waals surface area contributed by atoms with Gasteiger partial charge in [0.2, 0.25) is 5.76 Å². The lowest BCUT2D eigenvalue weighted by Crippen LogP contribution is -2.44. The highest BCUT2D eigenvalue weighted by molar-refractivity contribution is 9.10. The summed E-state index contributed by atoms with van der Waals surface area (Å²) in [7, 11) is 2.24. The van der Waals surface area contributed by atoms with E-state index in [0.29, 0.717) is 35.9 Å². The van der Waals surface area contributed by atoms with Crippen molar-refractivity contribution in [3.63, 3.8) is 0 Å². The molecule has 0 amide bonds. The number of ether oxygens (including phenoxy) is 2. The molecule has 31 heavy (non-hydrogen) atoms. The predicted octanol–water partition coefficient (Wildman–Crippen LogP) is 4.91. The van der Waals surface area contributed by atoms with Crippen LogP contribution in [0.4, 0.5) is 5.82 Å². The summed E-state index contributed by atoms with van der Waals surface area (Å²) < 4.78 is 17.4. The Kier molecular flexibility index (Phi) is 7.16. The fraction of sp³-hybridized carbons (Fsp3) is 0.565. The number of nitriles is 1. The molecule has 1 aliphatic heterocycles. The number of pyridine rings is 1. The summed E-state index contributed by atoms with van der Waals surface area (Å²) in [5.41, 5.74) is 1.28. The van der Waals surface area contributed by atoms with Crippen molar-refractivity contribution in [2.24, 2.45) is 0 Å². The molecule has 0 spiro atoms. The number of anilines is 1. The Labute approximate surface area is 191 Å². The molecule has 1 atom stereocenters. The smallest absolute Gasteiger partial charge is 0.212 e. The Morgan fingerprint density at radius 2 is 2.13 bits per heavy atom. The third kappa shape index (κ3) is 4.74. The van der Waals surface area contributed by atoms with Crippen molar-refractivity contribution in [3.05, 3.63) is 28.3 Å². The van der Waals surface area contributed by atoms with Crippen molar-refractivity contribution < 1.29 is 13.9 Å². The van der Waals surface area contributed by atoms with E-state index in [4.69, 9.17) is 13.9 Å². The molecule has 1 saturated carbocycles. The fourth-order valence-electron chi connectivity index (χ4n) is 4.60. The summed E-state index contributed by atoms with van der Waals surface area (Å²) >= 11 is 3.70. The number of halogens is 1. The highest BCUT2D eigenvalue weighted by Gasteiger charge is 2.30. The molecule has 2 aromatic rings. The Bertz CT molecular complexity index is 969. The van der Waals surface area contributed by atoms with Crippen LogP contribution in [0.25, 0.3) is 17.0 Å². The number of fused-ring (bicyclic) bond motifs is 1. The first kappa shape index (κ1) is 22.1. The summed E-state index contributed by atoms with van der Waals surface area (Å²) in [6.07, 6.45) is 10.7. The predicted molar refractivity (Wildman–Crippen MR) is 124 cm³/mol. The molecule has 1 saturated heterocycles. The van der Waals surface area contributed by atoms with E-state index in [1.807, 2.05) is 6.92 Å². The molecule has 0 aromatic carbocycles.